The average Bonchev–Trinajstić information content (AvgIpc) is 2.37. The first-order valence-electron chi connectivity index (χ1n) is 6.32. The van der Waals surface area contributed by atoms with Crippen molar-refractivity contribution in [2.45, 2.75) is 38.8 Å². The minimum Gasteiger partial charge on any atom is -0.492 e. The molecule has 1 unspecified atom stereocenters. The van der Waals surface area contributed by atoms with E-state index in [4.69, 9.17) is 9.47 Å². The van der Waals surface area contributed by atoms with Crippen LogP contribution in [0.5, 0.6) is 5.75 Å². The van der Waals surface area contributed by atoms with Crippen molar-refractivity contribution in [2.24, 2.45) is 0 Å². The van der Waals surface area contributed by atoms with Gasteiger partial charge in [-0.2, -0.15) is 0 Å². The number of methoxy groups -OCH3 is 1. The van der Waals surface area contributed by atoms with E-state index in [-0.39, 0.29) is 11.6 Å². The molecular formula is C14H24N2O2. The normalized spacial score (nSPS) is 13.4. The van der Waals surface area contributed by atoms with Crippen LogP contribution < -0.4 is 10.1 Å². The Morgan fingerprint density at radius 2 is 2.11 bits per heavy atom. The summed E-state index contributed by atoms with van der Waals surface area (Å²) in [6.45, 7) is 6.78. The highest BCUT2D eigenvalue weighted by molar-refractivity contribution is 5.26. The average molecular weight is 252 g/mol. The van der Waals surface area contributed by atoms with Gasteiger partial charge in [0.15, 0.2) is 0 Å². The molecule has 1 aromatic heterocycles. The maximum absolute atomic E-state index is 5.48. The lowest BCUT2D eigenvalue weighted by Crippen LogP contribution is -2.30. The zero-order valence-electron chi connectivity index (χ0n) is 12.0. The monoisotopic (exact) mass is 252 g/mol. The second-order valence-electron chi connectivity index (χ2n) is 4.90. The van der Waals surface area contributed by atoms with Gasteiger partial charge in [-0.15, -0.1) is 0 Å². The molecule has 0 saturated carbocycles. The molecule has 18 heavy (non-hydrogen) atoms. The number of rotatable bonds is 7. The zero-order valence-corrected chi connectivity index (χ0v) is 12.0. The molecule has 0 fully saturated rings. The molecule has 0 spiro atoms. The number of nitrogens with one attached hydrogen (secondary N) is 1. The number of aromatic nitrogens is 1. The molecule has 1 atom stereocenters. The SMILES string of the molecule is CCOc1cncc(C(CC(C)(C)OC)NC)c1. The van der Waals surface area contributed by atoms with Crippen molar-refractivity contribution in [1.29, 1.82) is 0 Å². The van der Waals surface area contributed by atoms with E-state index in [1.54, 1.807) is 13.3 Å². The molecule has 1 aromatic rings. The predicted molar refractivity (Wildman–Crippen MR) is 72.9 cm³/mol. The molecule has 0 aliphatic carbocycles. The predicted octanol–water partition coefficient (Wildman–Crippen LogP) is 2.56. The van der Waals surface area contributed by atoms with Gasteiger partial charge in [-0.25, -0.2) is 0 Å². The van der Waals surface area contributed by atoms with Gasteiger partial charge in [0.2, 0.25) is 0 Å². The van der Waals surface area contributed by atoms with E-state index >= 15 is 0 Å². The number of hydrogen-bond donors (Lipinski definition) is 1. The summed E-state index contributed by atoms with van der Waals surface area (Å²) in [5.74, 6) is 0.811. The van der Waals surface area contributed by atoms with E-state index in [0.717, 1.165) is 17.7 Å². The van der Waals surface area contributed by atoms with Crippen molar-refractivity contribution in [3.05, 3.63) is 24.0 Å². The Morgan fingerprint density at radius 1 is 1.39 bits per heavy atom. The van der Waals surface area contributed by atoms with Gasteiger partial charge in [-0.1, -0.05) is 0 Å². The molecule has 0 saturated heterocycles. The summed E-state index contributed by atoms with van der Waals surface area (Å²) in [7, 11) is 3.69. The first kappa shape index (κ1) is 14.9. The molecule has 0 aliphatic rings. The molecule has 1 N–H and O–H groups in total. The lowest BCUT2D eigenvalue weighted by atomic mass is 9.94. The van der Waals surface area contributed by atoms with Crippen LogP contribution in [-0.4, -0.2) is 31.3 Å². The molecule has 0 radical (unpaired) electrons. The summed E-state index contributed by atoms with van der Waals surface area (Å²) in [5.41, 5.74) is 0.948. The summed E-state index contributed by atoms with van der Waals surface area (Å²) in [4.78, 5) is 4.22. The third-order valence-corrected chi connectivity index (χ3v) is 3.04. The smallest absolute Gasteiger partial charge is 0.137 e. The van der Waals surface area contributed by atoms with Crippen molar-refractivity contribution in [1.82, 2.24) is 10.3 Å². The fourth-order valence-corrected chi connectivity index (χ4v) is 1.83. The number of nitrogens with zero attached hydrogens (tertiary/aromatic N) is 1. The van der Waals surface area contributed by atoms with Gasteiger partial charge in [0.25, 0.3) is 0 Å². The summed E-state index contributed by atoms with van der Waals surface area (Å²) >= 11 is 0. The van der Waals surface area contributed by atoms with Crippen LogP contribution in [0.3, 0.4) is 0 Å². The molecule has 0 aliphatic heterocycles. The molecule has 4 nitrogen and oxygen atoms in total. The topological polar surface area (TPSA) is 43.4 Å². The number of hydrogen-bond acceptors (Lipinski definition) is 4. The molecule has 1 rings (SSSR count). The molecule has 0 bridgehead atoms. The van der Waals surface area contributed by atoms with Gasteiger partial charge in [-0.3, -0.25) is 4.98 Å². The van der Waals surface area contributed by atoms with Gasteiger partial charge in [-0.05, 0) is 45.9 Å². The van der Waals surface area contributed by atoms with Crippen LogP contribution in [0.4, 0.5) is 0 Å². The van der Waals surface area contributed by atoms with E-state index in [2.05, 4.69) is 24.1 Å². The van der Waals surface area contributed by atoms with Crippen molar-refractivity contribution in [3.63, 3.8) is 0 Å². The standard InChI is InChI=1S/C14H24N2O2/c1-6-18-12-7-11(9-16-10-12)13(15-4)8-14(2,3)17-5/h7,9-10,13,15H,6,8H2,1-5H3. The van der Waals surface area contributed by atoms with Crippen LogP contribution in [0, 0.1) is 0 Å². The van der Waals surface area contributed by atoms with Crippen LogP contribution >= 0.6 is 0 Å². The highest BCUT2D eigenvalue weighted by atomic mass is 16.5. The Kier molecular flexibility index (Phi) is 5.56. The minimum absolute atomic E-state index is 0.171. The van der Waals surface area contributed by atoms with Crippen molar-refractivity contribution in [2.75, 3.05) is 20.8 Å². The third kappa shape index (κ3) is 4.27. The lowest BCUT2D eigenvalue weighted by molar-refractivity contribution is 0.00740. The van der Waals surface area contributed by atoms with Gasteiger partial charge < -0.3 is 14.8 Å². The van der Waals surface area contributed by atoms with Crippen LogP contribution in [0.25, 0.3) is 0 Å². The summed E-state index contributed by atoms with van der Waals surface area (Å²) in [5, 5.41) is 3.30. The molecule has 1 heterocycles. The van der Waals surface area contributed by atoms with Crippen molar-refractivity contribution >= 4 is 0 Å². The Labute approximate surface area is 110 Å². The summed E-state index contributed by atoms with van der Waals surface area (Å²) in [6.07, 6.45) is 4.48. The van der Waals surface area contributed by atoms with E-state index in [0.29, 0.717) is 6.61 Å². The first-order chi connectivity index (χ1) is 8.52. The van der Waals surface area contributed by atoms with Crippen molar-refractivity contribution in [3.8, 4) is 5.75 Å². The van der Waals surface area contributed by atoms with Crippen LogP contribution in [0.15, 0.2) is 18.5 Å². The van der Waals surface area contributed by atoms with Crippen LogP contribution in [-0.2, 0) is 4.74 Å². The van der Waals surface area contributed by atoms with Gasteiger partial charge in [0.05, 0.1) is 18.4 Å². The molecule has 4 heteroatoms. The minimum atomic E-state index is -0.171. The first-order valence-corrected chi connectivity index (χ1v) is 6.32. The Balaban J connectivity index is 2.84. The van der Waals surface area contributed by atoms with Crippen LogP contribution in [0.2, 0.25) is 0 Å². The molecule has 0 amide bonds. The van der Waals surface area contributed by atoms with Crippen molar-refractivity contribution < 1.29 is 9.47 Å². The quantitative estimate of drug-likeness (QED) is 0.810. The van der Waals surface area contributed by atoms with Gasteiger partial charge in [0, 0.05) is 19.3 Å². The number of pyridine rings is 1. The largest absolute Gasteiger partial charge is 0.492 e. The number of ether oxygens (including phenoxy) is 2. The Hall–Kier alpha value is -1.13. The second kappa shape index (κ2) is 6.71. The molecule has 102 valence electrons. The highest BCUT2D eigenvalue weighted by Gasteiger charge is 2.23. The van der Waals surface area contributed by atoms with Gasteiger partial charge in [0.1, 0.15) is 5.75 Å². The summed E-state index contributed by atoms with van der Waals surface area (Å²) < 4.78 is 11.0. The van der Waals surface area contributed by atoms with Crippen LogP contribution in [0.1, 0.15) is 38.8 Å². The van der Waals surface area contributed by atoms with E-state index in [1.165, 1.54) is 0 Å². The Morgan fingerprint density at radius 3 is 2.67 bits per heavy atom. The van der Waals surface area contributed by atoms with E-state index < -0.39 is 0 Å². The lowest BCUT2D eigenvalue weighted by Gasteiger charge is -2.28. The van der Waals surface area contributed by atoms with E-state index in [1.807, 2.05) is 26.2 Å². The fourth-order valence-electron chi connectivity index (χ4n) is 1.83. The van der Waals surface area contributed by atoms with E-state index in [9.17, 15) is 0 Å². The zero-order chi connectivity index (χ0) is 13.6. The highest BCUT2D eigenvalue weighted by Crippen LogP contribution is 2.27. The molecule has 0 aromatic carbocycles. The Bertz CT molecular complexity index is 367. The maximum Gasteiger partial charge on any atom is 0.137 e. The fraction of sp³-hybridized carbons (Fsp3) is 0.643. The third-order valence-electron chi connectivity index (χ3n) is 3.04. The van der Waals surface area contributed by atoms with Gasteiger partial charge >= 0.3 is 0 Å². The summed E-state index contributed by atoms with van der Waals surface area (Å²) in [6, 6.07) is 2.23. The second-order valence-corrected chi connectivity index (χ2v) is 4.90. The molecular weight excluding hydrogens is 228 g/mol. The maximum atomic E-state index is 5.48.